The summed E-state index contributed by atoms with van der Waals surface area (Å²) in [6.45, 7) is 2.62. The number of aromatic nitrogens is 2. The molecule has 0 fully saturated rings. The molecule has 1 heterocycles. The van der Waals surface area contributed by atoms with Crippen molar-refractivity contribution in [2.45, 2.75) is 31.6 Å². The Hall–Kier alpha value is -1.10. The summed E-state index contributed by atoms with van der Waals surface area (Å²) in [7, 11) is 1.43. The van der Waals surface area contributed by atoms with Crippen molar-refractivity contribution in [2.75, 3.05) is 19.0 Å². The van der Waals surface area contributed by atoms with Crippen molar-refractivity contribution in [1.82, 2.24) is 9.97 Å². The van der Waals surface area contributed by atoms with Crippen molar-refractivity contribution >= 4 is 17.5 Å². The predicted octanol–water partition coefficient (Wildman–Crippen LogP) is 2.83. The Labute approximate surface area is 106 Å². The van der Waals surface area contributed by atoms with Gasteiger partial charge in [-0.1, -0.05) is 19.8 Å². The maximum Gasteiger partial charge on any atom is 0.228 e. The maximum absolute atomic E-state index is 13.0. The summed E-state index contributed by atoms with van der Waals surface area (Å²) in [4.78, 5) is 7.57. The molecule has 0 aliphatic carbocycles. The lowest BCUT2D eigenvalue weighted by atomic mass is 10.2. The Morgan fingerprint density at radius 1 is 1.53 bits per heavy atom. The number of alkyl halides is 1. The normalized spacial score (nSPS) is 12.2. The van der Waals surface area contributed by atoms with Crippen molar-refractivity contribution in [3.05, 3.63) is 12.0 Å². The quantitative estimate of drug-likeness (QED) is 0.606. The number of ether oxygens (including phenoxy) is 1. The summed E-state index contributed by atoms with van der Waals surface area (Å²) < 4.78 is 17.9. The minimum absolute atomic E-state index is 0.00666. The second kappa shape index (κ2) is 7.27. The third kappa shape index (κ3) is 5.17. The molecule has 1 atom stereocenters. The van der Waals surface area contributed by atoms with Crippen molar-refractivity contribution < 1.29 is 9.13 Å². The molecule has 0 bridgehead atoms. The first-order valence-corrected chi connectivity index (χ1v) is 6.05. The van der Waals surface area contributed by atoms with Crippen LogP contribution >= 0.6 is 11.6 Å². The summed E-state index contributed by atoms with van der Waals surface area (Å²) in [5.41, 5.74) is 0. The van der Waals surface area contributed by atoms with Gasteiger partial charge in [0.2, 0.25) is 17.8 Å². The van der Waals surface area contributed by atoms with E-state index in [1.54, 1.807) is 0 Å². The van der Waals surface area contributed by atoms with E-state index in [1.165, 1.54) is 7.11 Å². The van der Waals surface area contributed by atoms with Crippen molar-refractivity contribution in [3.63, 3.8) is 0 Å². The van der Waals surface area contributed by atoms with Gasteiger partial charge in [0.1, 0.15) is 0 Å². The van der Waals surface area contributed by atoms with Gasteiger partial charge in [0.05, 0.1) is 18.6 Å². The van der Waals surface area contributed by atoms with Crippen LogP contribution in [0.4, 0.5) is 10.3 Å². The molecule has 0 aromatic carbocycles. The van der Waals surface area contributed by atoms with Crippen molar-refractivity contribution in [3.8, 4) is 5.88 Å². The molecular formula is C11H17ClFN3O. The molecule has 1 N–H and O–H groups in total. The summed E-state index contributed by atoms with van der Waals surface area (Å²) in [6, 6.07) is 1.13. The van der Waals surface area contributed by atoms with Gasteiger partial charge < -0.3 is 10.1 Å². The smallest absolute Gasteiger partial charge is 0.228 e. The Kier molecular flexibility index (Phi) is 5.97. The van der Waals surface area contributed by atoms with Gasteiger partial charge in [0.25, 0.3) is 0 Å². The average molecular weight is 262 g/mol. The Morgan fingerprint density at radius 3 is 2.94 bits per heavy atom. The second-order valence-corrected chi connectivity index (χ2v) is 4.29. The zero-order valence-corrected chi connectivity index (χ0v) is 10.8. The molecule has 4 nitrogen and oxygen atoms in total. The number of nitrogens with zero attached hydrogens (tertiary/aromatic N) is 2. The lowest BCUT2D eigenvalue weighted by molar-refractivity contribution is 0.391. The van der Waals surface area contributed by atoms with Crippen molar-refractivity contribution in [2.24, 2.45) is 0 Å². The highest BCUT2D eigenvalue weighted by molar-refractivity contribution is 6.20. The fourth-order valence-corrected chi connectivity index (χ4v) is 1.54. The molecule has 0 amide bonds. The van der Waals surface area contributed by atoms with Gasteiger partial charge >= 0.3 is 0 Å². The molecule has 0 saturated carbocycles. The highest BCUT2D eigenvalue weighted by atomic mass is 35.5. The van der Waals surface area contributed by atoms with E-state index in [2.05, 4.69) is 22.2 Å². The van der Waals surface area contributed by atoms with Gasteiger partial charge in [-0.3, -0.25) is 0 Å². The molecule has 1 rings (SSSR count). The van der Waals surface area contributed by atoms with Crippen LogP contribution in [-0.2, 0) is 0 Å². The molecule has 0 saturated heterocycles. The molecular weight excluding hydrogens is 245 g/mol. The van der Waals surface area contributed by atoms with E-state index in [0.29, 0.717) is 6.54 Å². The molecule has 17 heavy (non-hydrogen) atoms. The molecule has 1 aromatic rings. The Balaban J connectivity index is 2.48. The first-order valence-electron chi connectivity index (χ1n) is 5.62. The van der Waals surface area contributed by atoms with E-state index >= 15 is 0 Å². The number of halogens is 2. The first kappa shape index (κ1) is 14.0. The highest BCUT2D eigenvalue weighted by Crippen LogP contribution is 2.12. The third-order valence-electron chi connectivity index (χ3n) is 2.23. The number of methoxy groups -OCH3 is 1. The van der Waals surface area contributed by atoms with E-state index in [9.17, 15) is 4.39 Å². The lowest BCUT2D eigenvalue weighted by Gasteiger charge is -2.10. The SMILES string of the molecule is CCCCC(Cl)CNc1nc(F)cc(OC)n1. The number of unbranched alkanes of at least 4 members (excludes halogenated alkanes) is 1. The topological polar surface area (TPSA) is 47.0 Å². The minimum atomic E-state index is -0.626. The molecule has 96 valence electrons. The third-order valence-corrected chi connectivity index (χ3v) is 2.61. The molecule has 6 heteroatoms. The van der Waals surface area contributed by atoms with Gasteiger partial charge in [0.15, 0.2) is 0 Å². The van der Waals surface area contributed by atoms with E-state index in [-0.39, 0.29) is 17.2 Å². The number of anilines is 1. The van der Waals surface area contributed by atoms with Crippen LogP contribution in [0.5, 0.6) is 5.88 Å². The molecule has 1 aromatic heterocycles. The van der Waals surface area contributed by atoms with Crippen LogP contribution in [0, 0.1) is 5.95 Å². The second-order valence-electron chi connectivity index (χ2n) is 3.68. The van der Waals surface area contributed by atoms with Gasteiger partial charge in [-0.2, -0.15) is 14.4 Å². The average Bonchev–Trinajstić information content (AvgIpc) is 2.33. The molecule has 0 aliphatic heterocycles. The van der Waals surface area contributed by atoms with Crippen LogP contribution in [0.1, 0.15) is 26.2 Å². The first-order chi connectivity index (χ1) is 8.15. The largest absolute Gasteiger partial charge is 0.481 e. The van der Waals surface area contributed by atoms with Gasteiger partial charge in [-0.15, -0.1) is 11.6 Å². The van der Waals surface area contributed by atoms with Crippen LogP contribution < -0.4 is 10.1 Å². The summed E-state index contributed by atoms with van der Waals surface area (Å²) >= 11 is 6.08. The number of hydrogen-bond donors (Lipinski definition) is 1. The summed E-state index contributed by atoms with van der Waals surface area (Å²) in [5, 5.41) is 2.89. The number of rotatable bonds is 7. The molecule has 0 radical (unpaired) electrons. The van der Waals surface area contributed by atoms with Crippen LogP contribution in [0.25, 0.3) is 0 Å². The monoisotopic (exact) mass is 261 g/mol. The van der Waals surface area contributed by atoms with E-state index in [0.717, 1.165) is 25.3 Å². The number of nitrogens with one attached hydrogen (secondary N) is 1. The maximum atomic E-state index is 13.0. The molecule has 0 spiro atoms. The Bertz CT molecular complexity index is 351. The van der Waals surface area contributed by atoms with Crippen molar-refractivity contribution in [1.29, 1.82) is 0 Å². The zero-order valence-electron chi connectivity index (χ0n) is 10.0. The van der Waals surface area contributed by atoms with Crippen LogP contribution in [-0.4, -0.2) is 29.0 Å². The summed E-state index contributed by atoms with van der Waals surface area (Å²) in [6.07, 6.45) is 3.09. The van der Waals surface area contributed by atoms with Crippen LogP contribution in [0.3, 0.4) is 0 Å². The molecule has 0 aliphatic rings. The van der Waals surface area contributed by atoms with Crippen LogP contribution in [0.15, 0.2) is 6.07 Å². The van der Waals surface area contributed by atoms with Crippen LogP contribution in [0.2, 0.25) is 0 Å². The highest BCUT2D eigenvalue weighted by Gasteiger charge is 2.07. The number of hydrogen-bond acceptors (Lipinski definition) is 4. The van der Waals surface area contributed by atoms with E-state index < -0.39 is 5.95 Å². The molecule has 1 unspecified atom stereocenters. The van der Waals surface area contributed by atoms with E-state index in [4.69, 9.17) is 16.3 Å². The minimum Gasteiger partial charge on any atom is -0.481 e. The van der Waals surface area contributed by atoms with Gasteiger partial charge in [0, 0.05) is 6.54 Å². The van der Waals surface area contributed by atoms with E-state index in [1.807, 2.05) is 0 Å². The van der Waals surface area contributed by atoms with Gasteiger partial charge in [-0.25, -0.2) is 0 Å². The van der Waals surface area contributed by atoms with Gasteiger partial charge in [-0.05, 0) is 6.42 Å². The Morgan fingerprint density at radius 2 is 2.29 bits per heavy atom. The predicted molar refractivity (Wildman–Crippen MR) is 66.2 cm³/mol. The lowest BCUT2D eigenvalue weighted by Crippen LogP contribution is -2.16. The zero-order chi connectivity index (χ0) is 12.7. The standard InChI is InChI=1S/C11H17ClFN3O/c1-3-4-5-8(12)7-14-11-15-9(13)6-10(16-11)17-2/h6,8H,3-5,7H2,1-2H3,(H,14,15,16). The summed E-state index contributed by atoms with van der Waals surface area (Å²) in [5.74, 6) is -0.234. The fourth-order valence-electron chi connectivity index (χ4n) is 1.31. The fraction of sp³-hybridized carbons (Fsp3) is 0.636.